The first kappa shape index (κ1) is 15.2. The second-order valence-corrected chi connectivity index (χ2v) is 8.09. The van der Waals surface area contributed by atoms with E-state index in [0.29, 0.717) is 6.42 Å². The number of nitrogens with one attached hydrogen (secondary N) is 1. The molecule has 2 rings (SSSR count). The van der Waals surface area contributed by atoms with Crippen molar-refractivity contribution in [3.63, 3.8) is 0 Å². The van der Waals surface area contributed by atoms with Gasteiger partial charge in [-0.3, -0.25) is 10.1 Å². The minimum atomic E-state index is -3.81. The van der Waals surface area contributed by atoms with Gasteiger partial charge in [0.25, 0.3) is 10.0 Å². The lowest BCUT2D eigenvalue weighted by Gasteiger charge is -2.17. The van der Waals surface area contributed by atoms with Gasteiger partial charge in [0.15, 0.2) is 5.00 Å². The zero-order valence-electron chi connectivity index (χ0n) is 11.0. The summed E-state index contributed by atoms with van der Waals surface area (Å²) in [5, 5.41) is 23.5. The van der Waals surface area contributed by atoms with Gasteiger partial charge >= 0.3 is 5.69 Å². The maximum absolute atomic E-state index is 12.4. The molecule has 0 saturated carbocycles. The minimum Gasteiger partial charge on any atom is -0.389 e. The highest BCUT2D eigenvalue weighted by molar-refractivity contribution is 7.91. The van der Waals surface area contributed by atoms with Crippen LogP contribution in [-0.2, 0) is 10.0 Å². The van der Waals surface area contributed by atoms with Gasteiger partial charge in [-0.1, -0.05) is 11.3 Å². The van der Waals surface area contributed by atoms with Crippen molar-refractivity contribution in [3.8, 4) is 0 Å². The van der Waals surface area contributed by atoms with Gasteiger partial charge in [-0.25, -0.2) is 8.42 Å². The van der Waals surface area contributed by atoms with E-state index >= 15 is 0 Å². The van der Waals surface area contributed by atoms with Gasteiger partial charge in [-0.2, -0.15) is 4.31 Å². The summed E-state index contributed by atoms with van der Waals surface area (Å²) in [6.07, 6.45) is 0.346. The number of sulfonamides is 1. The molecule has 1 aliphatic heterocycles. The summed E-state index contributed by atoms with van der Waals surface area (Å²) in [6, 6.07) is 1.05. The van der Waals surface area contributed by atoms with Crippen LogP contribution in [0.4, 0.5) is 10.7 Å². The Morgan fingerprint density at radius 1 is 1.60 bits per heavy atom. The molecule has 1 aromatic rings. The second kappa shape index (κ2) is 4.95. The lowest BCUT2D eigenvalue weighted by molar-refractivity contribution is -0.383. The van der Waals surface area contributed by atoms with E-state index < -0.39 is 20.5 Å². The van der Waals surface area contributed by atoms with E-state index in [1.54, 1.807) is 6.92 Å². The number of nitrogens with zero attached hydrogens (tertiary/aromatic N) is 2. The molecule has 20 heavy (non-hydrogen) atoms. The zero-order valence-corrected chi connectivity index (χ0v) is 12.6. The summed E-state index contributed by atoms with van der Waals surface area (Å²) in [7, 11) is -2.31. The monoisotopic (exact) mass is 321 g/mol. The van der Waals surface area contributed by atoms with Crippen LogP contribution in [0.3, 0.4) is 0 Å². The van der Waals surface area contributed by atoms with E-state index in [9.17, 15) is 23.6 Å². The van der Waals surface area contributed by atoms with Crippen molar-refractivity contribution in [2.24, 2.45) is 0 Å². The molecular formula is C10H15N3O5S2. The Bertz CT molecular complexity index is 637. The van der Waals surface area contributed by atoms with E-state index in [1.165, 1.54) is 7.05 Å². The molecule has 1 aliphatic rings. The molecule has 1 saturated heterocycles. The molecule has 0 bridgehead atoms. The third kappa shape index (κ3) is 2.64. The Hall–Kier alpha value is -1.23. The van der Waals surface area contributed by atoms with Crippen molar-refractivity contribution in [1.82, 2.24) is 4.31 Å². The Labute approximate surface area is 120 Å². The van der Waals surface area contributed by atoms with Gasteiger partial charge in [-0.15, -0.1) is 0 Å². The summed E-state index contributed by atoms with van der Waals surface area (Å²) in [6.45, 7) is 1.77. The molecule has 112 valence electrons. The summed E-state index contributed by atoms with van der Waals surface area (Å²) < 4.78 is 25.9. The van der Waals surface area contributed by atoms with E-state index in [0.717, 1.165) is 21.7 Å². The van der Waals surface area contributed by atoms with E-state index in [4.69, 9.17) is 0 Å². The zero-order chi connectivity index (χ0) is 15.1. The topological polar surface area (TPSA) is 113 Å². The molecule has 0 amide bonds. The number of hydrogen-bond acceptors (Lipinski definition) is 7. The third-order valence-electron chi connectivity index (χ3n) is 3.12. The van der Waals surface area contributed by atoms with Crippen molar-refractivity contribution >= 4 is 32.0 Å². The van der Waals surface area contributed by atoms with Crippen molar-refractivity contribution in [2.45, 2.75) is 23.2 Å². The fourth-order valence-electron chi connectivity index (χ4n) is 2.04. The van der Waals surface area contributed by atoms with Crippen molar-refractivity contribution in [3.05, 3.63) is 16.2 Å². The molecule has 0 radical (unpaired) electrons. The van der Waals surface area contributed by atoms with Crippen LogP contribution in [0.1, 0.15) is 13.3 Å². The summed E-state index contributed by atoms with van der Waals surface area (Å²) in [5.74, 6) is 0. The van der Waals surface area contributed by atoms with Gasteiger partial charge in [0.05, 0.1) is 10.5 Å². The van der Waals surface area contributed by atoms with Gasteiger partial charge in [0.1, 0.15) is 4.21 Å². The molecule has 0 aromatic carbocycles. The van der Waals surface area contributed by atoms with E-state index in [-0.39, 0.29) is 28.0 Å². The molecule has 0 aliphatic carbocycles. The van der Waals surface area contributed by atoms with Gasteiger partial charge in [0, 0.05) is 26.2 Å². The van der Waals surface area contributed by atoms with Gasteiger partial charge in [-0.05, 0) is 13.3 Å². The molecular weight excluding hydrogens is 306 g/mol. The minimum absolute atomic E-state index is 0.00405. The second-order valence-electron chi connectivity index (χ2n) is 4.87. The lowest BCUT2D eigenvalue weighted by atomic mass is 10.1. The first-order chi connectivity index (χ1) is 9.17. The van der Waals surface area contributed by atoms with Crippen LogP contribution in [0.15, 0.2) is 10.3 Å². The molecule has 1 unspecified atom stereocenters. The number of anilines is 1. The Kier molecular flexibility index (Phi) is 3.75. The molecule has 1 atom stereocenters. The number of hydrogen-bond donors (Lipinski definition) is 2. The number of rotatable bonds is 4. The smallest absolute Gasteiger partial charge is 0.304 e. The highest BCUT2D eigenvalue weighted by Crippen LogP contribution is 2.39. The highest BCUT2D eigenvalue weighted by atomic mass is 32.2. The molecule has 1 fully saturated rings. The first-order valence-corrected chi connectivity index (χ1v) is 8.11. The normalized spacial score (nSPS) is 23.9. The van der Waals surface area contributed by atoms with Crippen molar-refractivity contribution in [2.75, 3.05) is 25.5 Å². The number of nitro groups is 1. The number of thiophene rings is 1. The fourth-order valence-corrected chi connectivity index (χ4v) is 5.03. The SMILES string of the molecule is CNc1sc(S(=O)(=O)N2CCC(C)(O)C2)cc1[N+](=O)[O-]. The number of aliphatic hydroxyl groups is 1. The first-order valence-electron chi connectivity index (χ1n) is 5.86. The highest BCUT2D eigenvalue weighted by Gasteiger charge is 2.40. The molecule has 0 spiro atoms. The fraction of sp³-hybridized carbons (Fsp3) is 0.600. The van der Waals surface area contributed by atoms with Crippen LogP contribution in [0.2, 0.25) is 0 Å². The predicted octanol–water partition coefficient (Wildman–Crippen LogP) is 0.843. The van der Waals surface area contributed by atoms with Gasteiger partial charge in [0.2, 0.25) is 0 Å². The van der Waals surface area contributed by atoms with E-state index in [2.05, 4.69) is 5.32 Å². The van der Waals surface area contributed by atoms with Crippen LogP contribution >= 0.6 is 11.3 Å². The molecule has 1 aromatic heterocycles. The molecule has 2 N–H and O–H groups in total. The molecule has 8 nitrogen and oxygen atoms in total. The number of β-amino-alcohol motifs (C(OH)–C–C–N with tert-alkyl or cyclic N) is 1. The summed E-state index contributed by atoms with van der Waals surface area (Å²) in [4.78, 5) is 10.2. The van der Waals surface area contributed by atoms with Crippen LogP contribution in [0.5, 0.6) is 0 Å². The Morgan fingerprint density at radius 2 is 2.25 bits per heavy atom. The lowest BCUT2D eigenvalue weighted by Crippen LogP contribution is -2.33. The van der Waals surface area contributed by atoms with Crippen LogP contribution < -0.4 is 5.32 Å². The van der Waals surface area contributed by atoms with Crippen LogP contribution in [-0.4, -0.2) is 48.5 Å². The predicted molar refractivity (Wildman–Crippen MR) is 74.5 cm³/mol. The van der Waals surface area contributed by atoms with Crippen LogP contribution in [0.25, 0.3) is 0 Å². The standard InChI is InChI=1S/C10H15N3O5S2/c1-10(14)3-4-12(6-10)20(17,18)8-5-7(13(15)16)9(11-2)19-8/h5,11,14H,3-4,6H2,1-2H3. The Balaban J connectivity index is 2.38. The summed E-state index contributed by atoms with van der Waals surface area (Å²) in [5.41, 5.74) is -1.32. The quantitative estimate of drug-likeness (QED) is 0.628. The van der Waals surface area contributed by atoms with Crippen molar-refractivity contribution in [1.29, 1.82) is 0 Å². The maximum Gasteiger partial charge on any atom is 0.304 e. The van der Waals surface area contributed by atoms with E-state index in [1.807, 2.05) is 0 Å². The molecule has 2 heterocycles. The average molecular weight is 321 g/mol. The van der Waals surface area contributed by atoms with Crippen LogP contribution in [0, 0.1) is 10.1 Å². The largest absolute Gasteiger partial charge is 0.389 e. The molecule has 10 heteroatoms. The van der Waals surface area contributed by atoms with Gasteiger partial charge < -0.3 is 10.4 Å². The maximum atomic E-state index is 12.4. The average Bonchev–Trinajstić information content (AvgIpc) is 2.92. The third-order valence-corrected chi connectivity index (χ3v) is 6.56. The summed E-state index contributed by atoms with van der Waals surface area (Å²) >= 11 is 0.818. The van der Waals surface area contributed by atoms with Crippen molar-refractivity contribution < 1.29 is 18.4 Å². The Morgan fingerprint density at radius 3 is 2.65 bits per heavy atom.